The number of aromatic nitrogens is 2. The van der Waals surface area contributed by atoms with E-state index < -0.39 is 0 Å². The fourth-order valence-electron chi connectivity index (χ4n) is 1.46. The molecule has 6 nitrogen and oxygen atoms in total. The van der Waals surface area contributed by atoms with E-state index in [4.69, 9.17) is 27.3 Å². The Balaban J connectivity index is 2.33. The molecule has 0 unspecified atom stereocenters. The second-order valence-corrected chi connectivity index (χ2v) is 4.20. The molecule has 0 aliphatic heterocycles. The van der Waals surface area contributed by atoms with Crippen LogP contribution in [-0.2, 0) is 0 Å². The molecule has 7 heteroatoms. The molecule has 3 N–H and O–H groups in total. The van der Waals surface area contributed by atoms with E-state index in [1.54, 1.807) is 25.1 Å². The van der Waals surface area contributed by atoms with Crippen LogP contribution in [0.1, 0.15) is 11.3 Å². The van der Waals surface area contributed by atoms with Crippen LogP contribution < -0.4 is 10.5 Å². The van der Waals surface area contributed by atoms with E-state index in [9.17, 15) is 0 Å². The van der Waals surface area contributed by atoms with Crippen LogP contribution in [0.25, 0.3) is 0 Å². The summed E-state index contributed by atoms with van der Waals surface area (Å²) in [5.41, 5.74) is 6.72. The molecule has 19 heavy (non-hydrogen) atoms. The van der Waals surface area contributed by atoms with Crippen LogP contribution in [-0.4, -0.2) is 21.0 Å². The summed E-state index contributed by atoms with van der Waals surface area (Å²) in [7, 11) is 0. The largest absolute Gasteiger partial charge is 0.437 e. The van der Waals surface area contributed by atoms with Crippen LogP contribution in [0.3, 0.4) is 0 Å². The highest BCUT2D eigenvalue weighted by molar-refractivity contribution is 6.30. The van der Waals surface area contributed by atoms with Crippen molar-refractivity contribution in [2.45, 2.75) is 6.92 Å². The van der Waals surface area contributed by atoms with Gasteiger partial charge in [-0.3, -0.25) is 4.98 Å². The lowest BCUT2D eigenvalue weighted by Crippen LogP contribution is -2.13. The molecule has 0 saturated carbocycles. The third kappa shape index (κ3) is 3.32. The number of aryl methyl sites for hydroxylation is 1. The molecule has 0 aromatic carbocycles. The van der Waals surface area contributed by atoms with Crippen LogP contribution >= 0.6 is 11.6 Å². The number of nitrogens with two attached hydrogens (primary N) is 1. The van der Waals surface area contributed by atoms with E-state index in [0.717, 1.165) is 0 Å². The maximum atomic E-state index is 8.67. The summed E-state index contributed by atoms with van der Waals surface area (Å²) in [6, 6.07) is 4.85. The molecule has 0 amide bonds. The normalized spacial score (nSPS) is 11.4. The summed E-state index contributed by atoms with van der Waals surface area (Å²) in [6.45, 7) is 1.78. The molecule has 98 valence electrons. The molecule has 0 saturated heterocycles. The van der Waals surface area contributed by atoms with Crippen molar-refractivity contribution in [2.24, 2.45) is 10.9 Å². The average Bonchev–Trinajstić information content (AvgIpc) is 2.37. The van der Waals surface area contributed by atoms with E-state index in [1.165, 1.54) is 12.4 Å². The van der Waals surface area contributed by atoms with Crippen molar-refractivity contribution in [1.82, 2.24) is 9.97 Å². The zero-order valence-corrected chi connectivity index (χ0v) is 10.8. The summed E-state index contributed by atoms with van der Waals surface area (Å²) < 4.78 is 5.53. The Morgan fingerprint density at radius 2 is 2.16 bits per heavy atom. The molecule has 2 aromatic heterocycles. The van der Waals surface area contributed by atoms with E-state index in [-0.39, 0.29) is 5.84 Å². The zero-order chi connectivity index (χ0) is 13.8. The molecule has 0 aliphatic rings. The van der Waals surface area contributed by atoms with Gasteiger partial charge in [0.05, 0.1) is 11.2 Å². The molecule has 0 spiro atoms. The summed E-state index contributed by atoms with van der Waals surface area (Å²) in [4.78, 5) is 8.09. The Kier molecular flexibility index (Phi) is 3.82. The second kappa shape index (κ2) is 5.53. The Hall–Kier alpha value is -2.34. The quantitative estimate of drug-likeness (QED) is 0.389. The number of oxime groups is 1. The van der Waals surface area contributed by atoms with Crippen molar-refractivity contribution < 1.29 is 9.94 Å². The third-order valence-electron chi connectivity index (χ3n) is 2.24. The van der Waals surface area contributed by atoms with Crippen LogP contribution in [0, 0.1) is 6.92 Å². The standard InChI is InChI=1S/C12H11ClN4O2/c1-7-2-8(12(14)17-18)3-11(16-7)19-10-4-9(13)5-15-6-10/h2-6,18H,1H3,(H2,14,17). The van der Waals surface area contributed by atoms with Crippen molar-refractivity contribution in [3.8, 4) is 11.6 Å². The van der Waals surface area contributed by atoms with Gasteiger partial charge < -0.3 is 15.7 Å². The molecule has 2 rings (SSSR count). The second-order valence-electron chi connectivity index (χ2n) is 3.76. The van der Waals surface area contributed by atoms with Crippen LogP contribution in [0.4, 0.5) is 0 Å². The van der Waals surface area contributed by atoms with Gasteiger partial charge in [-0.05, 0) is 13.0 Å². The predicted molar refractivity (Wildman–Crippen MR) is 70.8 cm³/mol. The predicted octanol–water partition coefficient (Wildman–Crippen LogP) is 2.33. The van der Waals surface area contributed by atoms with Crippen LogP contribution in [0.15, 0.2) is 35.7 Å². The first kappa shape index (κ1) is 13.1. The van der Waals surface area contributed by atoms with Gasteiger partial charge in [-0.1, -0.05) is 16.8 Å². The molecule has 2 heterocycles. The molecule has 0 atom stereocenters. The van der Waals surface area contributed by atoms with Gasteiger partial charge in [0.2, 0.25) is 5.88 Å². The number of rotatable bonds is 3. The zero-order valence-electron chi connectivity index (χ0n) is 10.0. The van der Waals surface area contributed by atoms with Crippen molar-refractivity contribution in [3.05, 3.63) is 46.9 Å². The fraction of sp³-hybridized carbons (Fsp3) is 0.0833. The van der Waals surface area contributed by atoms with Crippen LogP contribution in [0.2, 0.25) is 5.02 Å². The lowest BCUT2D eigenvalue weighted by Gasteiger charge is -2.07. The molecule has 0 bridgehead atoms. The SMILES string of the molecule is Cc1cc(/C(N)=N/O)cc(Oc2cncc(Cl)c2)n1. The smallest absolute Gasteiger partial charge is 0.220 e. The number of hydrogen-bond acceptors (Lipinski definition) is 5. The number of pyridine rings is 2. The maximum Gasteiger partial charge on any atom is 0.220 e. The van der Waals surface area contributed by atoms with Crippen LogP contribution in [0.5, 0.6) is 11.6 Å². The van der Waals surface area contributed by atoms with Gasteiger partial charge in [-0.15, -0.1) is 0 Å². The fourth-order valence-corrected chi connectivity index (χ4v) is 1.63. The number of halogens is 1. The number of amidine groups is 1. The molecule has 0 aliphatic carbocycles. The number of ether oxygens (including phenoxy) is 1. The maximum absolute atomic E-state index is 8.67. The van der Waals surface area contributed by atoms with E-state index >= 15 is 0 Å². The highest BCUT2D eigenvalue weighted by atomic mass is 35.5. The minimum absolute atomic E-state index is 0.0143. The van der Waals surface area contributed by atoms with Gasteiger partial charge in [0.1, 0.15) is 5.75 Å². The van der Waals surface area contributed by atoms with E-state index in [2.05, 4.69) is 15.1 Å². The third-order valence-corrected chi connectivity index (χ3v) is 2.44. The first-order chi connectivity index (χ1) is 9.08. The Morgan fingerprint density at radius 1 is 1.37 bits per heavy atom. The van der Waals surface area contributed by atoms with E-state index in [0.29, 0.717) is 27.9 Å². The minimum Gasteiger partial charge on any atom is -0.437 e. The Labute approximate surface area is 114 Å². The number of hydrogen-bond donors (Lipinski definition) is 2. The summed E-state index contributed by atoms with van der Waals surface area (Å²) in [6.07, 6.45) is 3.01. The lowest BCUT2D eigenvalue weighted by molar-refractivity contribution is 0.318. The average molecular weight is 279 g/mol. The highest BCUT2D eigenvalue weighted by Gasteiger charge is 2.06. The summed E-state index contributed by atoms with van der Waals surface area (Å²) >= 11 is 5.81. The first-order valence-corrected chi connectivity index (χ1v) is 5.71. The molecular weight excluding hydrogens is 268 g/mol. The molecule has 2 aromatic rings. The summed E-state index contributed by atoms with van der Waals surface area (Å²) in [5.74, 6) is 0.751. The topological polar surface area (TPSA) is 93.6 Å². The molecule has 0 fully saturated rings. The number of nitrogens with zero attached hydrogens (tertiary/aromatic N) is 3. The van der Waals surface area contributed by atoms with Gasteiger partial charge in [0.15, 0.2) is 5.84 Å². The minimum atomic E-state index is -0.0143. The molecule has 0 radical (unpaired) electrons. The monoisotopic (exact) mass is 278 g/mol. The van der Waals surface area contributed by atoms with Gasteiger partial charge in [-0.2, -0.15) is 0 Å². The van der Waals surface area contributed by atoms with Crippen molar-refractivity contribution >= 4 is 17.4 Å². The molecular formula is C12H11ClN4O2. The van der Waals surface area contributed by atoms with Crippen molar-refractivity contribution in [1.29, 1.82) is 0 Å². The van der Waals surface area contributed by atoms with E-state index in [1.807, 2.05) is 0 Å². The lowest BCUT2D eigenvalue weighted by atomic mass is 10.2. The van der Waals surface area contributed by atoms with Crippen molar-refractivity contribution in [3.63, 3.8) is 0 Å². The first-order valence-electron chi connectivity index (χ1n) is 5.33. The highest BCUT2D eigenvalue weighted by Crippen LogP contribution is 2.22. The van der Waals surface area contributed by atoms with Gasteiger partial charge >= 0.3 is 0 Å². The Morgan fingerprint density at radius 3 is 2.84 bits per heavy atom. The van der Waals surface area contributed by atoms with Gasteiger partial charge in [0.25, 0.3) is 0 Å². The van der Waals surface area contributed by atoms with Gasteiger partial charge in [0, 0.05) is 29.6 Å². The van der Waals surface area contributed by atoms with Crippen molar-refractivity contribution in [2.75, 3.05) is 0 Å². The Bertz CT molecular complexity index is 631. The summed E-state index contributed by atoms with van der Waals surface area (Å²) in [5, 5.41) is 12.1. The van der Waals surface area contributed by atoms with Gasteiger partial charge in [-0.25, -0.2) is 4.98 Å².